The van der Waals surface area contributed by atoms with Crippen LogP contribution in [0.1, 0.15) is 17.5 Å². The maximum absolute atomic E-state index is 13.4. The topological polar surface area (TPSA) is 65.1 Å². The summed E-state index contributed by atoms with van der Waals surface area (Å²) in [7, 11) is 1.58. The molecular formula is C30H32FNO5. The SMILES string of the molecule is COCCOCC(=O)N1C[C@H](Cc2ccccc2)C[C@H]1C(=O)Cc1ccc(Oc2ccc(F)cc2)cc1. The average molecular weight is 506 g/mol. The van der Waals surface area contributed by atoms with Gasteiger partial charge in [-0.2, -0.15) is 0 Å². The Bertz CT molecular complexity index is 1150. The number of likely N-dealkylation sites (tertiary alicyclic amines) is 1. The number of nitrogens with zero attached hydrogens (tertiary/aromatic N) is 1. The van der Waals surface area contributed by atoms with E-state index in [0.717, 1.165) is 12.0 Å². The Morgan fingerprint density at radius 2 is 1.57 bits per heavy atom. The van der Waals surface area contributed by atoms with Crippen LogP contribution in [0, 0.1) is 11.7 Å². The van der Waals surface area contributed by atoms with Crippen LogP contribution in [0.5, 0.6) is 11.5 Å². The molecule has 1 amide bonds. The van der Waals surface area contributed by atoms with E-state index in [1.807, 2.05) is 30.3 Å². The summed E-state index contributed by atoms with van der Waals surface area (Å²) in [6.07, 6.45) is 1.66. The number of methoxy groups -OCH3 is 1. The van der Waals surface area contributed by atoms with Crippen molar-refractivity contribution in [2.75, 3.05) is 33.5 Å². The number of ether oxygens (including phenoxy) is 3. The first-order valence-corrected chi connectivity index (χ1v) is 12.5. The van der Waals surface area contributed by atoms with Gasteiger partial charge in [0, 0.05) is 20.1 Å². The molecule has 1 fully saturated rings. The Morgan fingerprint density at radius 3 is 2.24 bits per heavy atom. The molecule has 0 N–H and O–H groups in total. The van der Waals surface area contributed by atoms with Crippen molar-refractivity contribution < 1.29 is 28.2 Å². The molecule has 194 valence electrons. The first kappa shape index (κ1) is 26.5. The second kappa shape index (κ2) is 13.1. The molecule has 4 rings (SSSR count). The third-order valence-electron chi connectivity index (χ3n) is 6.46. The van der Waals surface area contributed by atoms with Crippen LogP contribution in [0.2, 0.25) is 0 Å². The maximum Gasteiger partial charge on any atom is 0.249 e. The molecule has 1 aliphatic heterocycles. The smallest absolute Gasteiger partial charge is 0.249 e. The van der Waals surface area contributed by atoms with E-state index in [1.54, 1.807) is 36.3 Å². The number of hydrogen-bond donors (Lipinski definition) is 0. The first-order valence-electron chi connectivity index (χ1n) is 12.5. The molecule has 1 saturated heterocycles. The molecule has 3 aromatic rings. The summed E-state index contributed by atoms with van der Waals surface area (Å²) < 4.78 is 29.3. The van der Waals surface area contributed by atoms with Gasteiger partial charge in [-0.25, -0.2) is 4.39 Å². The molecule has 0 saturated carbocycles. The molecular weight excluding hydrogens is 473 g/mol. The highest BCUT2D eigenvalue weighted by Crippen LogP contribution is 2.29. The number of Topliss-reactive ketones (excluding diaryl/α,β-unsaturated/α-hetero) is 1. The van der Waals surface area contributed by atoms with Gasteiger partial charge in [0.1, 0.15) is 23.9 Å². The van der Waals surface area contributed by atoms with E-state index >= 15 is 0 Å². The highest BCUT2D eigenvalue weighted by atomic mass is 19.1. The Labute approximate surface area is 217 Å². The van der Waals surface area contributed by atoms with Gasteiger partial charge in [0.25, 0.3) is 0 Å². The maximum atomic E-state index is 13.4. The lowest BCUT2D eigenvalue weighted by Gasteiger charge is -2.24. The summed E-state index contributed by atoms with van der Waals surface area (Å²) >= 11 is 0. The minimum Gasteiger partial charge on any atom is -0.457 e. The van der Waals surface area contributed by atoms with Gasteiger partial charge in [-0.15, -0.1) is 0 Å². The summed E-state index contributed by atoms with van der Waals surface area (Å²) in [5.74, 6) is 0.833. The van der Waals surface area contributed by atoms with Gasteiger partial charge in [0.2, 0.25) is 5.91 Å². The van der Waals surface area contributed by atoms with Gasteiger partial charge in [0.05, 0.1) is 19.3 Å². The van der Waals surface area contributed by atoms with Crippen LogP contribution < -0.4 is 4.74 Å². The molecule has 1 aliphatic rings. The standard InChI is InChI=1S/C30H32FNO5/c1-35-15-16-36-21-30(34)32-20-24(17-22-5-3-2-4-6-22)18-28(32)29(33)19-23-7-11-26(12-8-23)37-27-13-9-25(31)10-14-27/h2-14,24,28H,15-21H2,1H3/t24-,28+/m1/s1. The van der Waals surface area contributed by atoms with Crippen LogP contribution in [0.15, 0.2) is 78.9 Å². The van der Waals surface area contributed by atoms with Crippen LogP contribution in [0.3, 0.4) is 0 Å². The molecule has 0 aliphatic carbocycles. The quantitative estimate of drug-likeness (QED) is 0.329. The Morgan fingerprint density at radius 1 is 0.892 bits per heavy atom. The zero-order chi connectivity index (χ0) is 26.0. The normalized spacial score (nSPS) is 17.1. The van der Waals surface area contributed by atoms with Crippen LogP contribution in [-0.2, 0) is 31.9 Å². The van der Waals surface area contributed by atoms with Crippen LogP contribution in [0.25, 0.3) is 0 Å². The third-order valence-corrected chi connectivity index (χ3v) is 6.46. The van der Waals surface area contributed by atoms with E-state index < -0.39 is 6.04 Å². The number of carbonyl (C=O) groups is 2. The van der Waals surface area contributed by atoms with Gasteiger partial charge < -0.3 is 19.1 Å². The van der Waals surface area contributed by atoms with Crippen LogP contribution in [-0.4, -0.2) is 56.1 Å². The number of ketones is 1. The number of hydrogen-bond acceptors (Lipinski definition) is 5. The Balaban J connectivity index is 1.39. The fourth-order valence-electron chi connectivity index (χ4n) is 4.62. The predicted octanol–water partition coefficient (Wildman–Crippen LogP) is 4.85. The van der Waals surface area contributed by atoms with Crippen molar-refractivity contribution in [1.82, 2.24) is 4.90 Å². The summed E-state index contributed by atoms with van der Waals surface area (Å²) in [6.45, 7) is 1.20. The fraction of sp³-hybridized carbons (Fsp3) is 0.333. The van der Waals surface area contributed by atoms with E-state index in [1.165, 1.54) is 17.7 Å². The molecule has 0 unspecified atom stereocenters. The molecule has 37 heavy (non-hydrogen) atoms. The minimum atomic E-state index is -0.484. The van der Waals surface area contributed by atoms with Gasteiger partial charge >= 0.3 is 0 Å². The summed E-state index contributed by atoms with van der Waals surface area (Å²) in [6, 6.07) is 22.7. The molecule has 0 bridgehead atoms. The first-order chi connectivity index (χ1) is 18.0. The van der Waals surface area contributed by atoms with Gasteiger partial charge in [-0.05, 0) is 66.3 Å². The van der Waals surface area contributed by atoms with Crippen molar-refractivity contribution in [1.29, 1.82) is 0 Å². The monoisotopic (exact) mass is 505 g/mol. The number of carbonyl (C=O) groups excluding carboxylic acids is 2. The number of rotatable bonds is 12. The number of amides is 1. The second-order valence-electron chi connectivity index (χ2n) is 9.24. The molecule has 6 nitrogen and oxygen atoms in total. The number of halogens is 1. The lowest BCUT2D eigenvalue weighted by atomic mass is 9.94. The van der Waals surface area contributed by atoms with Crippen molar-refractivity contribution in [2.45, 2.75) is 25.3 Å². The minimum absolute atomic E-state index is 0.00741. The molecule has 0 spiro atoms. The lowest BCUT2D eigenvalue weighted by molar-refractivity contribution is -0.141. The van der Waals surface area contributed by atoms with E-state index in [2.05, 4.69) is 12.1 Å². The largest absolute Gasteiger partial charge is 0.457 e. The van der Waals surface area contributed by atoms with Crippen molar-refractivity contribution >= 4 is 11.7 Å². The van der Waals surface area contributed by atoms with Gasteiger partial charge in [-0.1, -0.05) is 42.5 Å². The van der Waals surface area contributed by atoms with E-state index in [0.29, 0.717) is 37.7 Å². The van der Waals surface area contributed by atoms with Crippen molar-refractivity contribution in [3.8, 4) is 11.5 Å². The van der Waals surface area contributed by atoms with Crippen molar-refractivity contribution in [2.24, 2.45) is 5.92 Å². The molecule has 0 aromatic heterocycles. The fourth-order valence-corrected chi connectivity index (χ4v) is 4.62. The Hall–Kier alpha value is -3.55. The van der Waals surface area contributed by atoms with Crippen molar-refractivity contribution in [3.63, 3.8) is 0 Å². The zero-order valence-corrected chi connectivity index (χ0v) is 21.0. The summed E-state index contributed by atoms with van der Waals surface area (Å²) in [4.78, 5) is 28.1. The summed E-state index contributed by atoms with van der Waals surface area (Å²) in [5, 5.41) is 0. The van der Waals surface area contributed by atoms with Gasteiger partial charge in [-0.3, -0.25) is 9.59 Å². The van der Waals surface area contributed by atoms with Crippen LogP contribution >= 0.6 is 0 Å². The van der Waals surface area contributed by atoms with Crippen LogP contribution in [0.4, 0.5) is 4.39 Å². The van der Waals surface area contributed by atoms with Crippen molar-refractivity contribution in [3.05, 3.63) is 95.8 Å². The third kappa shape index (κ3) is 7.71. The van der Waals surface area contributed by atoms with E-state index in [-0.39, 0.29) is 36.5 Å². The molecule has 2 atom stereocenters. The van der Waals surface area contributed by atoms with Gasteiger partial charge in [0.15, 0.2) is 5.78 Å². The predicted molar refractivity (Wildman–Crippen MR) is 138 cm³/mol. The molecule has 1 heterocycles. The van der Waals surface area contributed by atoms with E-state index in [9.17, 15) is 14.0 Å². The number of benzene rings is 3. The highest BCUT2D eigenvalue weighted by Gasteiger charge is 2.39. The summed E-state index contributed by atoms with van der Waals surface area (Å²) in [5.41, 5.74) is 2.03. The molecule has 0 radical (unpaired) electrons. The zero-order valence-electron chi connectivity index (χ0n) is 21.0. The lowest BCUT2D eigenvalue weighted by Crippen LogP contribution is -2.43. The molecule has 3 aromatic carbocycles. The average Bonchev–Trinajstić information content (AvgIpc) is 3.33. The second-order valence-corrected chi connectivity index (χ2v) is 9.24. The highest BCUT2D eigenvalue weighted by molar-refractivity contribution is 5.91. The molecule has 7 heteroatoms. The van der Waals surface area contributed by atoms with E-state index in [4.69, 9.17) is 14.2 Å². The Kier molecular flexibility index (Phi) is 9.40.